The van der Waals surface area contributed by atoms with E-state index in [4.69, 9.17) is 10.5 Å². The third-order valence-corrected chi connectivity index (χ3v) is 4.06. The van der Waals surface area contributed by atoms with E-state index >= 15 is 0 Å². The Morgan fingerprint density at radius 1 is 1.29 bits per heavy atom. The maximum absolute atomic E-state index is 12.3. The molecule has 0 fully saturated rings. The van der Waals surface area contributed by atoms with Crippen LogP contribution in [0, 0.1) is 0 Å². The van der Waals surface area contributed by atoms with Crippen molar-refractivity contribution in [1.82, 2.24) is 10.2 Å². The normalized spacial score (nSPS) is 10.4. The number of rotatable bonds is 9. The number of ether oxygens (including phenoxy) is 1. The Morgan fingerprint density at radius 3 is 2.88 bits per heavy atom. The van der Waals surface area contributed by atoms with Gasteiger partial charge in [-0.15, -0.1) is 10.2 Å². The molecular weight excluding hydrogens is 328 g/mol. The fourth-order valence-corrected chi connectivity index (χ4v) is 2.76. The number of anilines is 1. The average Bonchev–Trinajstić information content (AvgIpc) is 3.01. The second-order valence-corrected chi connectivity index (χ2v) is 6.26. The van der Waals surface area contributed by atoms with Gasteiger partial charge in [-0.25, -0.2) is 0 Å². The van der Waals surface area contributed by atoms with Gasteiger partial charge < -0.3 is 10.5 Å². The second-order valence-electron chi connectivity index (χ2n) is 5.20. The minimum atomic E-state index is -0.575. The Kier molecular flexibility index (Phi) is 6.68. The molecule has 0 radical (unpaired) electrons. The first-order valence-corrected chi connectivity index (χ1v) is 8.55. The van der Waals surface area contributed by atoms with Crippen molar-refractivity contribution in [3.05, 3.63) is 34.8 Å². The number of carbonyl (C=O) groups excluding carboxylic acids is 2. The number of carbonyl (C=O) groups is 2. The molecule has 1 aromatic heterocycles. The summed E-state index contributed by atoms with van der Waals surface area (Å²) in [6.45, 7) is 1.91. The van der Waals surface area contributed by atoms with E-state index in [0.29, 0.717) is 16.4 Å². The van der Waals surface area contributed by atoms with Crippen LogP contribution in [-0.2, 0) is 11.2 Å². The second kappa shape index (κ2) is 8.97. The number of primary amides is 1. The smallest absolute Gasteiger partial charge is 0.257 e. The highest BCUT2D eigenvalue weighted by Crippen LogP contribution is 2.19. The Morgan fingerprint density at radius 2 is 2.12 bits per heavy atom. The molecule has 2 rings (SSSR count). The van der Waals surface area contributed by atoms with E-state index in [1.54, 1.807) is 24.3 Å². The molecule has 0 unspecified atom stereocenters. The van der Waals surface area contributed by atoms with Crippen molar-refractivity contribution < 1.29 is 14.3 Å². The van der Waals surface area contributed by atoms with Crippen LogP contribution in [0.5, 0.6) is 5.75 Å². The molecule has 8 heteroatoms. The lowest BCUT2D eigenvalue weighted by Gasteiger charge is -2.06. The lowest BCUT2D eigenvalue weighted by molar-refractivity contribution is -0.119. The summed E-state index contributed by atoms with van der Waals surface area (Å²) in [6.07, 6.45) is 4.24. The molecular formula is C16H20N4O3S. The SMILES string of the molecule is CCCCCc1nnc(NC(=O)c2cccc(OCC(N)=O)c2)s1. The Hall–Kier alpha value is -2.48. The molecule has 2 aromatic rings. The molecule has 1 aromatic carbocycles. The average molecular weight is 348 g/mol. The van der Waals surface area contributed by atoms with Crippen molar-refractivity contribution in [2.75, 3.05) is 11.9 Å². The number of hydrogen-bond donors (Lipinski definition) is 2. The van der Waals surface area contributed by atoms with Gasteiger partial charge in [-0.1, -0.05) is 37.2 Å². The molecule has 0 aliphatic rings. The minimum Gasteiger partial charge on any atom is -0.484 e. The Bertz CT molecular complexity index is 702. The number of nitrogens with zero attached hydrogens (tertiary/aromatic N) is 2. The van der Waals surface area contributed by atoms with Crippen LogP contribution < -0.4 is 15.8 Å². The molecule has 24 heavy (non-hydrogen) atoms. The van der Waals surface area contributed by atoms with Crippen LogP contribution in [-0.4, -0.2) is 28.6 Å². The molecule has 0 aliphatic heterocycles. The van der Waals surface area contributed by atoms with E-state index in [1.807, 2.05) is 0 Å². The fraction of sp³-hybridized carbons (Fsp3) is 0.375. The molecule has 3 N–H and O–H groups in total. The summed E-state index contributed by atoms with van der Waals surface area (Å²) in [4.78, 5) is 23.0. The van der Waals surface area contributed by atoms with E-state index < -0.39 is 5.91 Å². The van der Waals surface area contributed by atoms with Gasteiger partial charge in [0.05, 0.1) is 0 Å². The highest BCUT2D eigenvalue weighted by molar-refractivity contribution is 7.15. The first-order chi connectivity index (χ1) is 11.6. The summed E-state index contributed by atoms with van der Waals surface area (Å²) in [5.41, 5.74) is 5.43. The van der Waals surface area contributed by atoms with Gasteiger partial charge in [0.1, 0.15) is 10.8 Å². The molecule has 1 heterocycles. The van der Waals surface area contributed by atoms with Gasteiger partial charge in [-0.05, 0) is 24.6 Å². The van der Waals surface area contributed by atoms with Crippen molar-refractivity contribution in [1.29, 1.82) is 0 Å². The summed E-state index contributed by atoms with van der Waals surface area (Å²) in [5.74, 6) is -0.482. The zero-order valence-corrected chi connectivity index (χ0v) is 14.3. The monoisotopic (exact) mass is 348 g/mol. The van der Waals surface area contributed by atoms with Gasteiger partial charge in [0.15, 0.2) is 6.61 Å². The number of nitrogens with two attached hydrogens (primary N) is 1. The molecule has 0 bridgehead atoms. The van der Waals surface area contributed by atoms with E-state index in [2.05, 4.69) is 22.4 Å². The van der Waals surface area contributed by atoms with E-state index in [-0.39, 0.29) is 12.5 Å². The molecule has 0 saturated heterocycles. The first kappa shape index (κ1) is 17.9. The number of nitrogens with one attached hydrogen (secondary N) is 1. The van der Waals surface area contributed by atoms with E-state index in [1.165, 1.54) is 11.3 Å². The van der Waals surface area contributed by atoms with Gasteiger partial charge in [0, 0.05) is 12.0 Å². The number of amides is 2. The van der Waals surface area contributed by atoms with Crippen LogP contribution in [0.15, 0.2) is 24.3 Å². The van der Waals surface area contributed by atoms with Crippen LogP contribution in [0.1, 0.15) is 41.6 Å². The van der Waals surface area contributed by atoms with Crippen molar-refractivity contribution in [3.8, 4) is 5.75 Å². The summed E-state index contributed by atoms with van der Waals surface area (Å²) in [6, 6.07) is 6.51. The van der Waals surface area contributed by atoms with Gasteiger partial charge in [0.2, 0.25) is 5.13 Å². The molecule has 7 nitrogen and oxygen atoms in total. The van der Waals surface area contributed by atoms with Crippen molar-refractivity contribution in [2.24, 2.45) is 5.73 Å². The van der Waals surface area contributed by atoms with Gasteiger partial charge in [-0.2, -0.15) is 0 Å². The standard InChI is InChI=1S/C16H20N4O3S/c1-2-3-4-8-14-19-20-16(24-14)18-15(22)11-6-5-7-12(9-11)23-10-13(17)21/h5-7,9H,2-4,8,10H2,1H3,(H2,17,21)(H,18,20,22). The zero-order chi connectivity index (χ0) is 17.4. The Labute approximate surface area is 144 Å². The zero-order valence-electron chi connectivity index (χ0n) is 13.4. The number of hydrogen-bond acceptors (Lipinski definition) is 6. The number of benzene rings is 1. The van der Waals surface area contributed by atoms with Crippen LogP contribution in [0.4, 0.5) is 5.13 Å². The maximum atomic E-state index is 12.3. The molecule has 0 atom stereocenters. The number of aromatic nitrogens is 2. The van der Waals surface area contributed by atoms with Crippen LogP contribution in [0.3, 0.4) is 0 Å². The van der Waals surface area contributed by atoms with Gasteiger partial charge in [-0.3, -0.25) is 14.9 Å². The lowest BCUT2D eigenvalue weighted by Crippen LogP contribution is -2.20. The lowest BCUT2D eigenvalue weighted by atomic mass is 10.2. The van der Waals surface area contributed by atoms with E-state index in [9.17, 15) is 9.59 Å². The topological polar surface area (TPSA) is 107 Å². The van der Waals surface area contributed by atoms with Gasteiger partial charge >= 0.3 is 0 Å². The predicted molar refractivity (Wildman–Crippen MR) is 92.2 cm³/mol. The third-order valence-electron chi connectivity index (χ3n) is 3.16. The highest BCUT2D eigenvalue weighted by Gasteiger charge is 2.11. The Balaban J connectivity index is 1.94. The van der Waals surface area contributed by atoms with Crippen LogP contribution >= 0.6 is 11.3 Å². The number of unbranched alkanes of at least 4 members (excludes halogenated alkanes) is 2. The molecule has 128 valence electrons. The molecule has 0 aliphatic carbocycles. The highest BCUT2D eigenvalue weighted by atomic mass is 32.1. The summed E-state index contributed by atoms with van der Waals surface area (Å²) >= 11 is 1.38. The predicted octanol–water partition coefficient (Wildman–Crippen LogP) is 2.39. The minimum absolute atomic E-state index is 0.234. The summed E-state index contributed by atoms with van der Waals surface area (Å²) < 4.78 is 5.19. The summed E-state index contributed by atoms with van der Waals surface area (Å²) in [5, 5.41) is 12.2. The maximum Gasteiger partial charge on any atom is 0.257 e. The van der Waals surface area contributed by atoms with Crippen molar-refractivity contribution >= 4 is 28.3 Å². The van der Waals surface area contributed by atoms with Crippen LogP contribution in [0.25, 0.3) is 0 Å². The molecule has 0 saturated carbocycles. The quantitative estimate of drug-likeness (QED) is 0.677. The largest absolute Gasteiger partial charge is 0.484 e. The van der Waals surface area contributed by atoms with Gasteiger partial charge in [0.25, 0.3) is 11.8 Å². The molecule has 0 spiro atoms. The summed E-state index contributed by atoms with van der Waals surface area (Å²) in [7, 11) is 0. The first-order valence-electron chi connectivity index (χ1n) is 7.73. The number of aryl methyl sites for hydroxylation is 1. The third kappa shape index (κ3) is 5.62. The fourth-order valence-electron chi connectivity index (χ4n) is 1.98. The van der Waals surface area contributed by atoms with Crippen LogP contribution in [0.2, 0.25) is 0 Å². The molecule has 2 amide bonds. The van der Waals surface area contributed by atoms with Crippen molar-refractivity contribution in [2.45, 2.75) is 32.6 Å². The van der Waals surface area contributed by atoms with E-state index in [0.717, 1.165) is 30.7 Å². The van der Waals surface area contributed by atoms with Crippen molar-refractivity contribution in [3.63, 3.8) is 0 Å².